The highest BCUT2D eigenvalue weighted by molar-refractivity contribution is 8.03. The Labute approximate surface area is 164 Å². The molecular weight excluding hydrogens is 360 g/mol. The number of nitriles is 1. The normalized spacial score (nSPS) is 24.9. The minimum absolute atomic E-state index is 0.269. The summed E-state index contributed by atoms with van der Waals surface area (Å²) in [6, 6.07) is 2.39. The minimum atomic E-state index is -0.737. The van der Waals surface area contributed by atoms with Crippen LogP contribution in [-0.4, -0.2) is 0 Å². The Balaban J connectivity index is 1.61. The van der Waals surface area contributed by atoms with Crippen molar-refractivity contribution in [1.29, 1.82) is 5.26 Å². The number of thioether (sulfide) groups is 1. The van der Waals surface area contributed by atoms with Gasteiger partial charge >= 0.3 is 0 Å². The largest absolute Gasteiger partial charge is 0.206 e. The van der Waals surface area contributed by atoms with Crippen molar-refractivity contribution < 1.29 is 8.78 Å². The summed E-state index contributed by atoms with van der Waals surface area (Å²) in [6.45, 7) is 3.92. The van der Waals surface area contributed by atoms with Crippen LogP contribution in [0.25, 0.3) is 0 Å². The number of rotatable bonds is 3. The van der Waals surface area contributed by atoms with E-state index in [1.807, 2.05) is 0 Å². The molecule has 140 valence electrons. The third-order valence-corrected chi connectivity index (χ3v) is 6.47. The Kier molecular flexibility index (Phi) is 6.75. The molecule has 0 spiro atoms. The quantitative estimate of drug-likeness (QED) is 0.254. The Morgan fingerprint density at radius 1 is 1.04 bits per heavy atom. The Bertz CT molecular complexity index is 809. The lowest BCUT2D eigenvalue weighted by Gasteiger charge is -2.34. The molecule has 3 rings (SSSR count). The molecular formula is C23H23F2NS. The zero-order chi connectivity index (χ0) is 19.2. The molecule has 0 N–H and O–H groups in total. The van der Waals surface area contributed by atoms with Gasteiger partial charge in [-0.3, -0.25) is 0 Å². The summed E-state index contributed by atoms with van der Waals surface area (Å²) >= 11 is 0.489. The molecule has 27 heavy (non-hydrogen) atoms. The zero-order valence-electron chi connectivity index (χ0n) is 15.3. The number of thiocyanates is 1. The maximum Gasteiger partial charge on any atom is 0.142 e. The van der Waals surface area contributed by atoms with Crippen molar-refractivity contribution in [3.63, 3.8) is 0 Å². The Morgan fingerprint density at radius 2 is 1.74 bits per heavy atom. The molecule has 1 aromatic carbocycles. The first-order chi connectivity index (χ1) is 13.1. The lowest BCUT2D eigenvalue weighted by Crippen LogP contribution is -2.22. The molecule has 1 fully saturated rings. The number of nitrogens with zero attached hydrogens (tertiary/aromatic N) is 1. The molecule has 1 unspecified atom stereocenters. The summed E-state index contributed by atoms with van der Waals surface area (Å²) in [5.41, 5.74) is 1.36. The van der Waals surface area contributed by atoms with Crippen LogP contribution < -0.4 is 0 Å². The van der Waals surface area contributed by atoms with Crippen molar-refractivity contribution in [2.24, 2.45) is 17.8 Å². The van der Waals surface area contributed by atoms with E-state index in [1.54, 1.807) is 5.40 Å². The van der Waals surface area contributed by atoms with Crippen LogP contribution >= 0.6 is 11.8 Å². The van der Waals surface area contributed by atoms with E-state index in [0.29, 0.717) is 23.2 Å². The number of hydrogen-bond acceptors (Lipinski definition) is 2. The van der Waals surface area contributed by atoms with Gasteiger partial charge < -0.3 is 0 Å². The average molecular weight is 384 g/mol. The van der Waals surface area contributed by atoms with E-state index in [-0.39, 0.29) is 4.90 Å². The molecule has 1 saturated carbocycles. The molecule has 4 heteroatoms. The average Bonchev–Trinajstić information content (AvgIpc) is 2.70. The van der Waals surface area contributed by atoms with Crippen molar-refractivity contribution >= 4 is 11.8 Å². The van der Waals surface area contributed by atoms with Crippen molar-refractivity contribution in [3.8, 4) is 17.2 Å². The molecule has 0 aromatic heterocycles. The molecule has 0 heterocycles. The number of hydrogen-bond donors (Lipinski definition) is 0. The van der Waals surface area contributed by atoms with Gasteiger partial charge in [0.15, 0.2) is 0 Å². The van der Waals surface area contributed by atoms with Crippen LogP contribution in [0.15, 0.2) is 41.3 Å². The maximum absolute atomic E-state index is 13.9. The van der Waals surface area contributed by atoms with Gasteiger partial charge in [0.25, 0.3) is 0 Å². The van der Waals surface area contributed by atoms with Gasteiger partial charge in [0.1, 0.15) is 17.0 Å². The fourth-order valence-corrected chi connectivity index (χ4v) is 4.58. The molecule has 0 bridgehead atoms. The molecule has 1 nitrogen and oxygen atoms in total. The Hall–Kier alpha value is -2.04. The molecule has 1 aromatic rings. The SMILES string of the molecule is C=CC1CCC(C2CC=C(C#Cc3cc(F)c(SC#N)c(F)c3)CC2)CC1. The van der Waals surface area contributed by atoms with Gasteiger partial charge in [0, 0.05) is 5.56 Å². The lowest BCUT2D eigenvalue weighted by atomic mass is 9.71. The third kappa shape index (κ3) is 5.02. The molecule has 0 saturated heterocycles. The summed E-state index contributed by atoms with van der Waals surface area (Å²) in [5, 5.41) is 10.3. The van der Waals surface area contributed by atoms with Crippen LogP contribution in [0.4, 0.5) is 8.78 Å². The highest BCUT2D eigenvalue weighted by Crippen LogP contribution is 2.39. The predicted molar refractivity (Wildman–Crippen MR) is 106 cm³/mol. The van der Waals surface area contributed by atoms with Crippen LogP contribution in [-0.2, 0) is 0 Å². The number of allylic oxidation sites excluding steroid dienone is 3. The summed E-state index contributed by atoms with van der Waals surface area (Å²) in [6.07, 6.45) is 12.5. The second-order valence-corrected chi connectivity index (χ2v) is 8.18. The van der Waals surface area contributed by atoms with Crippen LogP contribution in [0.1, 0.15) is 50.5 Å². The van der Waals surface area contributed by atoms with Crippen LogP contribution in [0.5, 0.6) is 0 Å². The summed E-state index contributed by atoms with van der Waals surface area (Å²) < 4.78 is 27.7. The summed E-state index contributed by atoms with van der Waals surface area (Å²) in [4.78, 5) is -0.269. The van der Waals surface area contributed by atoms with Gasteiger partial charge in [0.2, 0.25) is 0 Å². The monoisotopic (exact) mass is 383 g/mol. The fourth-order valence-electron chi connectivity index (χ4n) is 4.18. The van der Waals surface area contributed by atoms with Crippen molar-refractivity contribution in [3.05, 3.63) is 53.6 Å². The lowest BCUT2D eigenvalue weighted by molar-refractivity contribution is 0.210. The van der Waals surface area contributed by atoms with Gasteiger partial charge in [-0.15, -0.1) is 6.58 Å². The van der Waals surface area contributed by atoms with E-state index in [9.17, 15) is 8.78 Å². The Morgan fingerprint density at radius 3 is 2.30 bits per heavy atom. The van der Waals surface area contributed by atoms with E-state index in [1.165, 1.54) is 37.8 Å². The third-order valence-electron chi connectivity index (χ3n) is 5.78. The van der Waals surface area contributed by atoms with E-state index in [0.717, 1.165) is 36.7 Å². The predicted octanol–water partition coefficient (Wildman–Crippen LogP) is 6.61. The number of benzene rings is 1. The molecule has 1 atom stereocenters. The molecule has 0 aliphatic heterocycles. The van der Waals surface area contributed by atoms with Crippen molar-refractivity contribution in [1.82, 2.24) is 0 Å². The van der Waals surface area contributed by atoms with Gasteiger partial charge in [-0.05, 0) is 92.2 Å². The first kappa shape index (κ1) is 19.7. The van der Waals surface area contributed by atoms with Gasteiger partial charge in [0.05, 0.1) is 4.90 Å². The molecule has 0 amide bonds. The van der Waals surface area contributed by atoms with E-state index in [2.05, 4.69) is 30.6 Å². The first-order valence-corrected chi connectivity index (χ1v) is 10.3. The second-order valence-electron chi connectivity index (χ2n) is 7.39. The summed E-state index contributed by atoms with van der Waals surface area (Å²) in [7, 11) is 0. The number of halogens is 2. The van der Waals surface area contributed by atoms with E-state index >= 15 is 0 Å². The molecule has 2 aliphatic rings. The second kappa shape index (κ2) is 9.25. The topological polar surface area (TPSA) is 23.8 Å². The maximum atomic E-state index is 13.9. The van der Waals surface area contributed by atoms with Gasteiger partial charge in [-0.2, -0.15) is 5.26 Å². The highest BCUT2D eigenvalue weighted by Gasteiger charge is 2.27. The molecule has 0 radical (unpaired) electrons. The van der Waals surface area contributed by atoms with Crippen molar-refractivity contribution in [2.75, 3.05) is 0 Å². The van der Waals surface area contributed by atoms with Crippen LogP contribution in [0.3, 0.4) is 0 Å². The minimum Gasteiger partial charge on any atom is -0.206 e. The highest BCUT2D eigenvalue weighted by atomic mass is 32.2. The van der Waals surface area contributed by atoms with Gasteiger partial charge in [-0.25, -0.2) is 8.78 Å². The van der Waals surface area contributed by atoms with Crippen LogP contribution in [0.2, 0.25) is 0 Å². The van der Waals surface area contributed by atoms with E-state index in [4.69, 9.17) is 5.26 Å². The van der Waals surface area contributed by atoms with E-state index < -0.39 is 11.6 Å². The standard InChI is InChI=1S/C23H23F2NS/c1-2-16-5-9-19(10-6-16)20-11-7-17(8-12-20)3-4-18-13-21(24)23(27-15-26)22(25)14-18/h2,7,13-14,16,19-20H,1,5-6,8-12H2. The van der Waals surface area contributed by atoms with Gasteiger partial charge in [-0.1, -0.05) is 24.0 Å². The first-order valence-electron chi connectivity index (χ1n) is 9.49. The summed E-state index contributed by atoms with van der Waals surface area (Å²) in [5.74, 6) is 6.71. The smallest absolute Gasteiger partial charge is 0.142 e. The van der Waals surface area contributed by atoms with Crippen LogP contribution in [0, 0.1) is 51.9 Å². The molecule has 2 aliphatic carbocycles. The zero-order valence-corrected chi connectivity index (χ0v) is 16.1. The van der Waals surface area contributed by atoms with Crippen molar-refractivity contribution in [2.45, 2.75) is 49.8 Å². The fraction of sp³-hybridized carbons (Fsp3) is 0.435.